The molecule has 1 aliphatic rings. The Labute approximate surface area is 81.9 Å². The van der Waals surface area contributed by atoms with Crippen LogP contribution in [0.1, 0.15) is 45.4 Å². The normalized spacial score (nSPS) is 24.0. The fraction of sp³-hybridized carbons (Fsp3) is 1.00. The van der Waals surface area contributed by atoms with Crippen molar-refractivity contribution in [3.63, 3.8) is 0 Å². The zero-order chi connectivity index (χ0) is 9.52. The second-order valence-corrected chi connectivity index (χ2v) is 4.05. The third kappa shape index (κ3) is 3.65. The lowest BCUT2D eigenvalue weighted by Crippen LogP contribution is -2.30. The summed E-state index contributed by atoms with van der Waals surface area (Å²) in [5.74, 6) is 0. The van der Waals surface area contributed by atoms with Gasteiger partial charge in [-0.1, -0.05) is 13.3 Å². The molecule has 13 heavy (non-hydrogen) atoms. The number of unbranched alkanes of at least 4 members (excludes halogenated alkanes) is 1. The van der Waals surface area contributed by atoms with Gasteiger partial charge in [0.25, 0.3) is 0 Å². The van der Waals surface area contributed by atoms with E-state index in [9.17, 15) is 0 Å². The molecule has 0 aromatic carbocycles. The maximum absolute atomic E-state index is 8.77. The zero-order valence-electron chi connectivity index (χ0n) is 8.84. The van der Waals surface area contributed by atoms with E-state index in [0.29, 0.717) is 6.61 Å². The Morgan fingerprint density at radius 2 is 2.23 bits per heavy atom. The van der Waals surface area contributed by atoms with Gasteiger partial charge in [0.05, 0.1) is 0 Å². The molecule has 1 aliphatic heterocycles. The largest absolute Gasteiger partial charge is 0.396 e. The molecule has 78 valence electrons. The molecule has 1 unspecified atom stereocenters. The van der Waals surface area contributed by atoms with Crippen molar-refractivity contribution in [3.8, 4) is 0 Å². The highest BCUT2D eigenvalue weighted by molar-refractivity contribution is 4.78. The van der Waals surface area contributed by atoms with E-state index in [0.717, 1.165) is 12.5 Å². The Hall–Kier alpha value is -0.0800. The third-order valence-electron chi connectivity index (χ3n) is 2.99. The van der Waals surface area contributed by atoms with E-state index in [1.54, 1.807) is 0 Å². The van der Waals surface area contributed by atoms with Crippen molar-refractivity contribution in [2.24, 2.45) is 0 Å². The van der Waals surface area contributed by atoms with Crippen LogP contribution in [0.3, 0.4) is 0 Å². The van der Waals surface area contributed by atoms with Crippen LogP contribution in [-0.4, -0.2) is 35.7 Å². The number of hydrogen-bond donors (Lipinski definition) is 1. The minimum Gasteiger partial charge on any atom is -0.396 e. The van der Waals surface area contributed by atoms with Crippen LogP contribution in [0.2, 0.25) is 0 Å². The number of aliphatic hydroxyl groups excluding tert-OH is 1. The van der Waals surface area contributed by atoms with Gasteiger partial charge in [-0.15, -0.1) is 0 Å². The average molecular weight is 185 g/mol. The summed E-state index contributed by atoms with van der Waals surface area (Å²) < 4.78 is 0. The summed E-state index contributed by atoms with van der Waals surface area (Å²) in [6.45, 7) is 5.17. The minimum atomic E-state index is 0.359. The molecule has 0 bridgehead atoms. The molecule has 1 saturated heterocycles. The lowest BCUT2D eigenvalue weighted by atomic mass is 10.1. The lowest BCUT2D eigenvalue weighted by molar-refractivity contribution is 0.214. The maximum Gasteiger partial charge on any atom is 0.0431 e. The first kappa shape index (κ1) is 11.0. The second-order valence-electron chi connectivity index (χ2n) is 4.05. The molecule has 1 atom stereocenters. The molecule has 0 amide bonds. The fourth-order valence-corrected chi connectivity index (χ4v) is 2.20. The summed E-state index contributed by atoms with van der Waals surface area (Å²) in [6.07, 6.45) is 7.51. The Morgan fingerprint density at radius 3 is 2.92 bits per heavy atom. The van der Waals surface area contributed by atoms with Crippen molar-refractivity contribution >= 4 is 0 Å². The summed E-state index contributed by atoms with van der Waals surface area (Å²) in [7, 11) is 0. The SMILES string of the molecule is CCCCN1CCCC1CCCO. The highest BCUT2D eigenvalue weighted by Gasteiger charge is 2.22. The van der Waals surface area contributed by atoms with E-state index in [4.69, 9.17) is 5.11 Å². The number of rotatable bonds is 6. The van der Waals surface area contributed by atoms with Crippen molar-refractivity contribution in [2.45, 2.75) is 51.5 Å². The molecule has 2 nitrogen and oxygen atoms in total. The average Bonchev–Trinajstić information content (AvgIpc) is 2.59. The van der Waals surface area contributed by atoms with Crippen LogP contribution in [0, 0.1) is 0 Å². The van der Waals surface area contributed by atoms with E-state index < -0.39 is 0 Å². The van der Waals surface area contributed by atoms with Crippen molar-refractivity contribution < 1.29 is 5.11 Å². The van der Waals surface area contributed by atoms with Crippen molar-refractivity contribution in [3.05, 3.63) is 0 Å². The van der Waals surface area contributed by atoms with Gasteiger partial charge in [0.15, 0.2) is 0 Å². The van der Waals surface area contributed by atoms with Crippen LogP contribution in [0.25, 0.3) is 0 Å². The quantitative estimate of drug-likeness (QED) is 0.684. The molecule has 0 radical (unpaired) electrons. The van der Waals surface area contributed by atoms with Gasteiger partial charge in [-0.2, -0.15) is 0 Å². The van der Waals surface area contributed by atoms with E-state index in [1.165, 1.54) is 45.2 Å². The second kappa shape index (κ2) is 6.39. The molecule has 1 heterocycles. The van der Waals surface area contributed by atoms with E-state index in [-0.39, 0.29) is 0 Å². The van der Waals surface area contributed by atoms with Crippen LogP contribution in [0.15, 0.2) is 0 Å². The number of aliphatic hydroxyl groups is 1. The molecule has 0 saturated carbocycles. The first-order chi connectivity index (χ1) is 6.38. The van der Waals surface area contributed by atoms with Crippen LogP contribution >= 0.6 is 0 Å². The molecule has 2 heteroatoms. The third-order valence-corrected chi connectivity index (χ3v) is 2.99. The van der Waals surface area contributed by atoms with Crippen LogP contribution in [-0.2, 0) is 0 Å². The molecular weight excluding hydrogens is 162 g/mol. The van der Waals surface area contributed by atoms with Crippen molar-refractivity contribution in [2.75, 3.05) is 19.7 Å². The van der Waals surface area contributed by atoms with Gasteiger partial charge in [-0.05, 0) is 45.2 Å². The van der Waals surface area contributed by atoms with Gasteiger partial charge in [-0.3, -0.25) is 0 Å². The van der Waals surface area contributed by atoms with E-state index in [1.807, 2.05) is 0 Å². The smallest absolute Gasteiger partial charge is 0.0431 e. The van der Waals surface area contributed by atoms with Crippen molar-refractivity contribution in [1.82, 2.24) is 4.90 Å². The predicted octanol–water partition coefficient (Wildman–Crippen LogP) is 2.02. The molecule has 0 aromatic rings. The first-order valence-corrected chi connectivity index (χ1v) is 5.73. The van der Waals surface area contributed by atoms with Gasteiger partial charge in [0, 0.05) is 12.6 Å². The zero-order valence-corrected chi connectivity index (χ0v) is 8.84. The van der Waals surface area contributed by atoms with Gasteiger partial charge >= 0.3 is 0 Å². The topological polar surface area (TPSA) is 23.5 Å². The number of nitrogens with zero attached hydrogens (tertiary/aromatic N) is 1. The van der Waals surface area contributed by atoms with Gasteiger partial charge in [0.1, 0.15) is 0 Å². The van der Waals surface area contributed by atoms with Crippen LogP contribution < -0.4 is 0 Å². The number of hydrogen-bond acceptors (Lipinski definition) is 2. The molecule has 1 rings (SSSR count). The Kier molecular flexibility index (Phi) is 5.40. The number of likely N-dealkylation sites (tertiary alicyclic amines) is 1. The monoisotopic (exact) mass is 185 g/mol. The molecule has 1 N–H and O–H groups in total. The van der Waals surface area contributed by atoms with Crippen LogP contribution in [0.5, 0.6) is 0 Å². The summed E-state index contributed by atoms with van der Waals surface area (Å²) in [4.78, 5) is 2.61. The Bertz CT molecular complexity index is 113. The Balaban J connectivity index is 2.18. The molecule has 0 aliphatic carbocycles. The molecule has 0 spiro atoms. The van der Waals surface area contributed by atoms with Gasteiger partial charge < -0.3 is 10.0 Å². The molecule has 0 aromatic heterocycles. The minimum absolute atomic E-state index is 0.359. The highest BCUT2D eigenvalue weighted by atomic mass is 16.2. The summed E-state index contributed by atoms with van der Waals surface area (Å²) >= 11 is 0. The van der Waals surface area contributed by atoms with Crippen LogP contribution in [0.4, 0.5) is 0 Å². The first-order valence-electron chi connectivity index (χ1n) is 5.73. The highest BCUT2D eigenvalue weighted by Crippen LogP contribution is 2.21. The summed E-state index contributed by atoms with van der Waals surface area (Å²) in [5.41, 5.74) is 0. The Morgan fingerprint density at radius 1 is 1.38 bits per heavy atom. The standard InChI is InChI=1S/C11H23NO/c1-2-3-8-12-9-4-6-11(12)7-5-10-13/h11,13H,2-10H2,1H3. The maximum atomic E-state index is 8.77. The molecule has 1 fully saturated rings. The predicted molar refractivity (Wildman–Crippen MR) is 55.8 cm³/mol. The lowest BCUT2D eigenvalue weighted by Gasteiger charge is -2.23. The van der Waals surface area contributed by atoms with Gasteiger partial charge in [0.2, 0.25) is 0 Å². The van der Waals surface area contributed by atoms with E-state index >= 15 is 0 Å². The summed E-state index contributed by atoms with van der Waals surface area (Å²) in [5, 5.41) is 8.77. The van der Waals surface area contributed by atoms with Gasteiger partial charge in [-0.25, -0.2) is 0 Å². The van der Waals surface area contributed by atoms with E-state index in [2.05, 4.69) is 11.8 Å². The fourth-order valence-electron chi connectivity index (χ4n) is 2.20. The molecular formula is C11H23NO. The van der Waals surface area contributed by atoms with Crippen molar-refractivity contribution in [1.29, 1.82) is 0 Å². The summed E-state index contributed by atoms with van der Waals surface area (Å²) in [6, 6.07) is 0.777.